The van der Waals surface area contributed by atoms with Crippen molar-refractivity contribution in [2.75, 3.05) is 0 Å². The SMILES string of the molecule is Cc1cc(Cl)nc(C)[n+]1[O-]. The maximum atomic E-state index is 10.9. The molecule has 0 saturated carbocycles. The highest BCUT2D eigenvalue weighted by Crippen LogP contribution is 2.03. The van der Waals surface area contributed by atoms with Crippen LogP contribution in [0.5, 0.6) is 0 Å². The van der Waals surface area contributed by atoms with E-state index < -0.39 is 0 Å². The summed E-state index contributed by atoms with van der Waals surface area (Å²) in [6.45, 7) is 3.30. The molecule has 1 heterocycles. The van der Waals surface area contributed by atoms with Crippen molar-refractivity contribution in [2.24, 2.45) is 0 Å². The molecule has 0 amide bonds. The molecule has 0 N–H and O–H groups in total. The fourth-order valence-corrected chi connectivity index (χ4v) is 0.999. The second kappa shape index (κ2) is 2.42. The molecule has 1 aromatic heterocycles. The average Bonchev–Trinajstić information content (AvgIpc) is 1.82. The maximum Gasteiger partial charge on any atom is 0.300 e. The number of halogens is 1. The lowest BCUT2D eigenvalue weighted by Crippen LogP contribution is -2.34. The second-order valence-corrected chi connectivity index (χ2v) is 2.45. The molecule has 0 aliphatic carbocycles. The zero-order valence-corrected chi connectivity index (χ0v) is 6.51. The third-order valence-corrected chi connectivity index (χ3v) is 1.40. The third-order valence-electron chi connectivity index (χ3n) is 1.21. The van der Waals surface area contributed by atoms with Gasteiger partial charge in [-0.25, -0.2) is 4.73 Å². The summed E-state index contributed by atoms with van der Waals surface area (Å²) in [5.41, 5.74) is 0.567. The molecule has 3 nitrogen and oxygen atoms in total. The first-order valence-electron chi connectivity index (χ1n) is 2.84. The van der Waals surface area contributed by atoms with Crippen molar-refractivity contribution in [3.8, 4) is 0 Å². The van der Waals surface area contributed by atoms with Crippen molar-refractivity contribution < 1.29 is 4.73 Å². The van der Waals surface area contributed by atoms with Gasteiger partial charge in [-0.3, -0.25) is 0 Å². The van der Waals surface area contributed by atoms with Gasteiger partial charge in [0.25, 0.3) is 5.82 Å². The summed E-state index contributed by atoms with van der Waals surface area (Å²) in [4.78, 5) is 3.75. The number of aryl methyl sites for hydroxylation is 2. The van der Waals surface area contributed by atoms with Gasteiger partial charge in [0.1, 0.15) is 5.69 Å². The topological polar surface area (TPSA) is 39.8 Å². The zero-order chi connectivity index (χ0) is 7.72. The number of rotatable bonds is 0. The molecule has 54 valence electrons. The molecule has 0 aliphatic rings. The fourth-order valence-electron chi connectivity index (χ4n) is 0.718. The van der Waals surface area contributed by atoms with Gasteiger partial charge in [0.15, 0.2) is 0 Å². The minimum absolute atomic E-state index is 0.363. The Morgan fingerprint density at radius 3 is 2.70 bits per heavy atom. The van der Waals surface area contributed by atoms with Crippen LogP contribution in [0.3, 0.4) is 0 Å². The Bertz CT molecular complexity index is 239. The number of hydrogen-bond donors (Lipinski definition) is 0. The van der Waals surface area contributed by atoms with E-state index in [4.69, 9.17) is 11.6 Å². The molecule has 0 saturated heterocycles. The summed E-state index contributed by atoms with van der Waals surface area (Å²) in [6.07, 6.45) is 0. The number of aromatic nitrogens is 2. The van der Waals surface area contributed by atoms with E-state index >= 15 is 0 Å². The minimum atomic E-state index is 0.363. The highest BCUT2D eigenvalue weighted by Gasteiger charge is 2.05. The second-order valence-electron chi connectivity index (χ2n) is 2.06. The Hall–Kier alpha value is -0.830. The maximum absolute atomic E-state index is 10.9. The third kappa shape index (κ3) is 1.19. The highest BCUT2D eigenvalue weighted by molar-refractivity contribution is 6.29. The summed E-state index contributed by atoms with van der Waals surface area (Å²) in [5, 5.41) is 11.3. The van der Waals surface area contributed by atoms with Gasteiger partial charge in [0.05, 0.1) is 0 Å². The van der Waals surface area contributed by atoms with E-state index in [9.17, 15) is 5.21 Å². The van der Waals surface area contributed by atoms with Crippen molar-refractivity contribution in [1.29, 1.82) is 0 Å². The number of nitrogens with zero attached hydrogens (tertiary/aromatic N) is 2. The summed E-state index contributed by atoms with van der Waals surface area (Å²) in [7, 11) is 0. The molecule has 10 heavy (non-hydrogen) atoms. The Morgan fingerprint density at radius 1 is 1.60 bits per heavy atom. The Labute approximate surface area is 63.9 Å². The molecule has 0 bridgehead atoms. The first-order valence-corrected chi connectivity index (χ1v) is 3.22. The molecule has 4 heteroatoms. The van der Waals surface area contributed by atoms with Crippen LogP contribution in [0.1, 0.15) is 11.5 Å². The molecular formula is C6H7ClN2O. The monoisotopic (exact) mass is 158 g/mol. The zero-order valence-electron chi connectivity index (χ0n) is 5.76. The van der Waals surface area contributed by atoms with Crippen LogP contribution < -0.4 is 4.73 Å². The molecule has 0 spiro atoms. The van der Waals surface area contributed by atoms with Crippen molar-refractivity contribution >= 4 is 11.6 Å². The Kier molecular flexibility index (Phi) is 1.76. The predicted octanol–water partition coefficient (Wildman–Crippen LogP) is 0.985. The quantitative estimate of drug-likeness (QED) is 0.321. The first-order chi connectivity index (χ1) is 4.61. The van der Waals surface area contributed by atoms with Crippen molar-refractivity contribution in [2.45, 2.75) is 13.8 Å². The fraction of sp³-hybridized carbons (Fsp3) is 0.333. The predicted molar refractivity (Wildman–Crippen MR) is 37.7 cm³/mol. The standard InChI is InChI=1S/C6H7ClN2O/c1-4-3-6(7)8-5(2)9(4)10/h3H,1-2H3. The van der Waals surface area contributed by atoms with Gasteiger partial charge < -0.3 is 5.21 Å². The largest absolute Gasteiger partial charge is 0.711 e. The van der Waals surface area contributed by atoms with Gasteiger partial charge in [-0.15, -0.1) is 0 Å². The lowest BCUT2D eigenvalue weighted by atomic mass is 10.4. The molecular weight excluding hydrogens is 152 g/mol. The summed E-state index contributed by atoms with van der Waals surface area (Å²) < 4.78 is 0.742. The van der Waals surface area contributed by atoms with Gasteiger partial charge in [-0.05, 0) is 23.5 Å². The van der Waals surface area contributed by atoms with Crippen LogP contribution in [-0.4, -0.2) is 4.98 Å². The van der Waals surface area contributed by atoms with Crippen LogP contribution in [-0.2, 0) is 0 Å². The molecule has 1 aromatic rings. The Morgan fingerprint density at radius 2 is 2.20 bits per heavy atom. The van der Waals surface area contributed by atoms with Crippen LogP contribution in [0, 0.1) is 19.1 Å². The van der Waals surface area contributed by atoms with E-state index in [2.05, 4.69) is 4.98 Å². The molecule has 0 aliphatic heterocycles. The van der Waals surface area contributed by atoms with Crippen LogP contribution in [0.25, 0.3) is 0 Å². The normalized spacial score (nSPS) is 9.90. The van der Waals surface area contributed by atoms with E-state index in [1.807, 2.05) is 0 Å². The van der Waals surface area contributed by atoms with Gasteiger partial charge >= 0.3 is 0 Å². The highest BCUT2D eigenvalue weighted by atomic mass is 35.5. The number of hydrogen-bond acceptors (Lipinski definition) is 2. The van der Waals surface area contributed by atoms with E-state index in [0.29, 0.717) is 16.7 Å². The van der Waals surface area contributed by atoms with Gasteiger partial charge in [-0.1, -0.05) is 0 Å². The summed E-state index contributed by atoms with van der Waals surface area (Å²) >= 11 is 5.56. The first kappa shape index (κ1) is 7.28. The minimum Gasteiger partial charge on any atom is -0.711 e. The van der Waals surface area contributed by atoms with Crippen molar-refractivity contribution in [3.05, 3.63) is 27.9 Å². The van der Waals surface area contributed by atoms with Crippen molar-refractivity contribution in [1.82, 2.24) is 4.98 Å². The van der Waals surface area contributed by atoms with Crippen LogP contribution in [0.15, 0.2) is 6.07 Å². The van der Waals surface area contributed by atoms with Gasteiger partial charge in [-0.2, -0.15) is 0 Å². The smallest absolute Gasteiger partial charge is 0.300 e. The summed E-state index contributed by atoms with van der Waals surface area (Å²) in [5.74, 6) is 0.380. The van der Waals surface area contributed by atoms with Crippen LogP contribution in [0.2, 0.25) is 5.15 Å². The molecule has 0 radical (unpaired) electrons. The van der Waals surface area contributed by atoms with Crippen molar-refractivity contribution in [3.63, 3.8) is 0 Å². The van der Waals surface area contributed by atoms with Gasteiger partial charge in [0, 0.05) is 13.0 Å². The van der Waals surface area contributed by atoms with E-state index in [1.54, 1.807) is 13.8 Å². The summed E-state index contributed by atoms with van der Waals surface area (Å²) in [6, 6.07) is 1.53. The van der Waals surface area contributed by atoms with E-state index in [1.165, 1.54) is 6.07 Å². The van der Waals surface area contributed by atoms with E-state index in [0.717, 1.165) is 4.73 Å². The van der Waals surface area contributed by atoms with Gasteiger partial charge in [0.2, 0.25) is 5.15 Å². The molecule has 0 unspecified atom stereocenters. The molecule has 0 aromatic carbocycles. The Balaban J connectivity index is 3.31. The van der Waals surface area contributed by atoms with Crippen LogP contribution in [0.4, 0.5) is 0 Å². The lowest BCUT2D eigenvalue weighted by Gasteiger charge is -2.05. The average molecular weight is 159 g/mol. The lowest BCUT2D eigenvalue weighted by molar-refractivity contribution is -0.622. The molecule has 1 rings (SSSR count). The molecule has 0 fully saturated rings. The molecule has 0 atom stereocenters. The van der Waals surface area contributed by atoms with E-state index in [-0.39, 0.29) is 0 Å². The van der Waals surface area contributed by atoms with Crippen LogP contribution >= 0.6 is 11.6 Å².